The van der Waals surface area contributed by atoms with Crippen molar-refractivity contribution in [3.8, 4) is 0 Å². The molecule has 0 fully saturated rings. The molecule has 0 radical (unpaired) electrons. The summed E-state index contributed by atoms with van der Waals surface area (Å²) in [5.74, 6) is -0.0797. The molecule has 1 aromatic heterocycles. The predicted octanol–water partition coefficient (Wildman–Crippen LogP) is 1.03. The van der Waals surface area contributed by atoms with Crippen molar-refractivity contribution in [1.29, 1.82) is 0 Å². The van der Waals surface area contributed by atoms with E-state index in [4.69, 9.17) is 5.73 Å². The lowest BCUT2D eigenvalue weighted by atomic mass is 10.2. The number of anilines is 1. The minimum absolute atomic E-state index is 0.0877. The van der Waals surface area contributed by atoms with Gasteiger partial charge in [-0.05, 0) is 13.8 Å². The van der Waals surface area contributed by atoms with Gasteiger partial charge in [-0.15, -0.1) is 0 Å². The lowest BCUT2D eigenvalue weighted by molar-refractivity contribution is -0.118. The number of aromatic nitrogens is 2. The molecule has 4 N–H and O–H groups in total. The summed E-state index contributed by atoms with van der Waals surface area (Å²) in [6, 6.07) is -0.345. The third-order valence-corrected chi connectivity index (χ3v) is 2.79. The molecule has 1 rings (SSSR count). The van der Waals surface area contributed by atoms with Crippen LogP contribution in [0.1, 0.15) is 56.3 Å². The summed E-state index contributed by atoms with van der Waals surface area (Å²) in [7, 11) is 0. The molecule has 7 nitrogen and oxygen atoms in total. The SMILES string of the molecule is CCNc1cnc(C(C)C)nc1C(=O)NC(C)CC(N)=O. The van der Waals surface area contributed by atoms with Crippen molar-refractivity contribution in [3.63, 3.8) is 0 Å². The van der Waals surface area contributed by atoms with Crippen LogP contribution in [0.5, 0.6) is 0 Å². The van der Waals surface area contributed by atoms with Crippen molar-refractivity contribution in [1.82, 2.24) is 15.3 Å². The second-order valence-corrected chi connectivity index (χ2v) is 5.22. The number of rotatable bonds is 7. The maximum absolute atomic E-state index is 12.3. The van der Waals surface area contributed by atoms with Crippen molar-refractivity contribution in [2.24, 2.45) is 5.73 Å². The van der Waals surface area contributed by atoms with Crippen LogP contribution in [0.25, 0.3) is 0 Å². The van der Waals surface area contributed by atoms with Crippen LogP contribution in [0.3, 0.4) is 0 Å². The Balaban J connectivity index is 2.98. The van der Waals surface area contributed by atoms with Crippen molar-refractivity contribution in [2.75, 3.05) is 11.9 Å². The molecule has 0 aliphatic heterocycles. The highest BCUT2D eigenvalue weighted by atomic mass is 16.2. The van der Waals surface area contributed by atoms with Crippen molar-refractivity contribution in [2.45, 2.75) is 46.1 Å². The Kier molecular flexibility index (Phi) is 6.08. The van der Waals surface area contributed by atoms with E-state index in [0.29, 0.717) is 18.1 Å². The standard InChI is InChI=1S/C14H23N5O2/c1-5-16-10-7-17-13(8(2)3)19-12(10)14(21)18-9(4)6-11(15)20/h7-9,16H,5-6H2,1-4H3,(H2,15,20)(H,18,21). The fourth-order valence-corrected chi connectivity index (χ4v) is 1.81. The molecule has 0 spiro atoms. The quantitative estimate of drug-likeness (QED) is 0.695. The molecule has 1 aromatic rings. The smallest absolute Gasteiger partial charge is 0.272 e. The van der Waals surface area contributed by atoms with Crippen LogP contribution in [-0.2, 0) is 4.79 Å². The molecular weight excluding hydrogens is 270 g/mol. The van der Waals surface area contributed by atoms with E-state index in [9.17, 15) is 9.59 Å². The Morgan fingerprint density at radius 1 is 1.33 bits per heavy atom. The Bertz CT molecular complexity index is 516. The van der Waals surface area contributed by atoms with E-state index < -0.39 is 5.91 Å². The molecule has 0 bridgehead atoms. The first-order valence-corrected chi connectivity index (χ1v) is 7.05. The predicted molar refractivity (Wildman–Crippen MR) is 81.0 cm³/mol. The summed E-state index contributed by atoms with van der Waals surface area (Å²) >= 11 is 0. The van der Waals surface area contributed by atoms with E-state index in [-0.39, 0.29) is 30.0 Å². The van der Waals surface area contributed by atoms with Gasteiger partial charge < -0.3 is 16.4 Å². The number of amides is 2. The van der Waals surface area contributed by atoms with Crippen molar-refractivity contribution < 1.29 is 9.59 Å². The first-order valence-electron chi connectivity index (χ1n) is 7.05. The van der Waals surface area contributed by atoms with Gasteiger partial charge in [-0.3, -0.25) is 9.59 Å². The van der Waals surface area contributed by atoms with Crippen LogP contribution >= 0.6 is 0 Å². The second-order valence-electron chi connectivity index (χ2n) is 5.22. The molecule has 0 aliphatic carbocycles. The zero-order chi connectivity index (χ0) is 16.0. The van der Waals surface area contributed by atoms with Gasteiger partial charge >= 0.3 is 0 Å². The van der Waals surface area contributed by atoms with Gasteiger partial charge in [0.2, 0.25) is 5.91 Å². The third kappa shape index (κ3) is 5.02. The van der Waals surface area contributed by atoms with Gasteiger partial charge in [0.25, 0.3) is 5.91 Å². The highest BCUT2D eigenvalue weighted by molar-refractivity contribution is 5.97. The summed E-state index contributed by atoms with van der Waals surface area (Å²) in [5.41, 5.74) is 5.98. The lowest BCUT2D eigenvalue weighted by Gasteiger charge is -2.15. The Morgan fingerprint density at radius 2 is 2.00 bits per heavy atom. The molecule has 1 unspecified atom stereocenters. The minimum Gasteiger partial charge on any atom is -0.382 e. The molecule has 1 atom stereocenters. The number of primary amides is 1. The Hall–Kier alpha value is -2.18. The van der Waals surface area contributed by atoms with Crippen LogP contribution in [0.2, 0.25) is 0 Å². The first kappa shape index (κ1) is 16.9. The Labute approximate surface area is 124 Å². The van der Waals surface area contributed by atoms with Crippen LogP contribution < -0.4 is 16.4 Å². The van der Waals surface area contributed by atoms with E-state index in [1.165, 1.54) is 0 Å². The normalized spacial score (nSPS) is 12.0. The zero-order valence-corrected chi connectivity index (χ0v) is 12.9. The second kappa shape index (κ2) is 7.56. The molecule has 0 saturated carbocycles. The average Bonchev–Trinajstić information content (AvgIpc) is 2.37. The first-order chi connectivity index (χ1) is 9.85. The van der Waals surface area contributed by atoms with Gasteiger partial charge in [0, 0.05) is 24.9 Å². The van der Waals surface area contributed by atoms with Crippen molar-refractivity contribution in [3.05, 3.63) is 17.7 Å². The van der Waals surface area contributed by atoms with Crippen LogP contribution in [-0.4, -0.2) is 34.4 Å². The molecule has 7 heteroatoms. The number of hydrogen-bond acceptors (Lipinski definition) is 5. The van der Waals surface area contributed by atoms with Gasteiger partial charge in [-0.25, -0.2) is 9.97 Å². The third-order valence-electron chi connectivity index (χ3n) is 2.79. The highest BCUT2D eigenvalue weighted by Crippen LogP contribution is 2.16. The number of carbonyl (C=O) groups excluding carboxylic acids is 2. The van der Waals surface area contributed by atoms with E-state index in [1.54, 1.807) is 13.1 Å². The van der Waals surface area contributed by atoms with Crippen LogP contribution in [0, 0.1) is 0 Å². The number of hydrogen-bond donors (Lipinski definition) is 3. The zero-order valence-electron chi connectivity index (χ0n) is 12.9. The lowest BCUT2D eigenvalue weighted by Crippen LogP contribution is -2.36. The monoisotopic (exact) mass is 293 g/mol. The van der Waals surface area contributed by atoms with E-state index in [2.05, 4.69) is 20.6 Å². The van der Waals surface area contributed by atoms with Gasteiger partial charge in [-0.2, -0.15) is 0 Å². The maximum Gasteiger partial charge on any atom is 0.272 e. The largest absolute Gasteiger partial charge is 0.382 e. The van der Waals surface area contributed by atoms with Gasteiger partial charge in [-0.1, -0.05) is 13.8 Å². The number of nitrogens with two attached hydrogens (primary N) is 1. The van der Waals surface area contributed by atoms with Crippen LogP contribution in [0.4, 0.5) is 5.69 Å². The summed E-state index contributed by atoms with van der Waals surface area (Å²) in [5, 5.41) is 5.78. The molecular formula is C14H23N5O2. The van der Waals surface area contributed by atoms with Crippen LogP contribution in [0.15, 0.2) is 6.20 Å². The number of nitrogens with zero attached hydrogens (tertiary/aromatic N) is 2. The fraction of sp³-hybridized carbons (Fsp3) is 0.571. The molecule has 2 amide bonds. The summed E-state index contributed by atoms with van der Waals surface area (Å²) in [6.07, 6.45) is 1.70. The summed E-state index contributed by atoms with van der Waals surface area (Å²) in [6.45, 7) is 8.22. The molecule has 0 saturated heterocycles. The number of carbonyl (C=O) groups is 2. The van der Waals surface area contributed by atoms with E-state index >= 15 is 0 Å². The van der Waals surface area contributed by atoms with E-state index in [1.807, 2.05) is 20.8 Å². The highest BCUT2D eigenvalue weighted by Gasteiger charge is 2.18. The summed E-state index contributed by atoms with van der Waals surface area (Å²) < 4.78 is 0. The molecule has 0 aliphatic rings. The summed E-state index contributed by atoms with van der Waals surface area (Å²) in [4.78, 5) is 31.7. The van der Waals surface area contributed by atoms with Gasteiger partial charge in [0.15, 0.2) is 5.69 Å². The average molecular weight is 293 g/mol. The van der Waals surface area contributed by atoms with E-state index in [0.717, 1.165) is 0 Å². The van der Waals surface area contributed by atoms with Gasteiger partial charge in [0.1, 0.15) is 5.82 Å². The van der Waals surface area contributed by atoms with Gasteiger partial charge in [0.05, 0.1) is 11.9 Å². The Morgan fingerprint density at radius 3 is 2.52 bits per heavy atom. The molecule has 1 heterocycles. The minimum atomic E-state index is -0.458. The number of nitrogens with one attached hydrogen (secondary N) is 2. The molecule has 21 heavy (non-hydrogen) atoms. The van der Waals surface area contributed by atoms with Crippen molar-refractivity contribution >= 4 is 17.5 Å². The fourth-order valence-electron chi connectivity index (χ4n) is 1.81. The maximum atomic E-state index is 12.3. The molecule has 0 aromatic carbocycles. The molecule has 116 valence electrons. The topological polar surface area (TPSA) is 110 Å².